The van der Waals surface area contributed by atoms with E-state index in [1.54, 1.807) is 18.4 Å². The van der Waals surface area contributed by atoms with Gasteiger partial charge in [0.1, 0.15) is 16.5 Å². The van der Waals surface area contributed by atoms with Gasteiger partial charge < -0.3 is 14.4 Å². The van der Waals surface area contributed by atoms with Crippen molar-refractivity contribution in [2.75, 3.05) is 5.32 Å². The van der Waals surface area contributed by atoms with Crippen LogP contribution in [0.25, 0.3) is 21.6 Å². The highest BCUT2D eigenvalue weighted by Gasteiger charge is 2.16. The summed E-state index contributed by atoms with van der Waals surface area (Å²) in [7, 11) is 2.00. The first-order chi connectivity index (χ1) is 11.6. The molecule has 0 saturated carbocycles. The molecular weight excluding hydrogens is 324 g/mol. The van der Waals surface area contributed by atoms with Crippen molar-refractivity contribution in [3.8, 4) is 10.7 Å². The molecule has 4 rings (SSSR count). The first-order valence-electron chi connectivity index (χ1n) is 7.37. The minimum Gasteiger partial charge on any atom is -0.360 e. The highest BCUT2D eigenvalue weighted by molar-refractivity contribution is 7.13. The van der Waals surface area contributed by atoms with Crippen LogP contribution in [0, 0.1) is 6.92 Å². The molecule has 0 saturated heterocycles. The van der Waals surface area contributed by atoms with E-state index in [4.69, 9.17) is 4.52 Å². The Morgan fingerprint density at radius 3 is 2.88 bits per heavy atom. The number of nitrogens with one attached hydrogen (secondary N) is 1. The maximum absolute atomic E-state index is 12.3. The molecule has 7 heteroatoms. The van der Waals surface area contributed by atoms with E-state index in [0.717, 1.165) is 21.6 Å². The van der Waals surface area contributed by atoms with Crippen LogP contribution >= 0.6 is 11.3 Å². The molecule has 0 aliphatic carbocycles. The Morgan fingerprint density at radius 1 is 1.29 bits per heavy atom. The van der Waals surface area contributed by atoms with Gasteiger partial charge in [-0.05, 0) is 19.1 Å². The molecule has 1 amide bonds. The molecule has 0 spiro atoms. The minimum absolute atomic E-state index is 0.301. The molecule has 1 N–H and O–H groups in total. The van der Waals surface area contributed by atoms with Crippen molar-refractivity contribution in [3.05, 3.63) is 53.2 Å². The van der Waals surface area contributed by atoms with Crippen LogP contribution in [0.5, 0.6) is 0 Å². The highest BCUT2D eigenvalue weighted by Crippen LogP contribution is 2.29. The maximum Gasteiger partial charge on any atom is 0.276 e. The summed E-state index contributed by atoms with van der Waals surface area (Å²) in [6.07, 6.45) is 0. The van der Waals surface area contributed by atoms with Crippen LogP contribution < -0.4 is 5.32 Å². The maximum atomic E-state index is 12.3. The van der Waals surface area contributed by atoms with Crippen LogP contribution in [0.4, 0.5) is 5.82 Å². The Morgan fingerprint density at radius 2 is 2.12 bits per heavy atom. The average Bonchev–Trinajstić information content (AvgIpc) is 3.27. The number of nitrogens with zero attached hydrogens (tertiary/aromatic N) is 3. The van der Waals surface area contributed by atoms with Gasteiger partial charge in [0, 0.05) is 29.4 Å². The third-order valence-corrected chi connectivity index (χ3v) is 4.64. The summed E-state index contributed by atoms with van der Waals surface area (Å²) < 4.78 is 7.02. The SMILES string of the molecule is Cc1cc(NC(=O)c2csc(-c3cc4ccccc4n3C)n2)no1. The van der Waals surface area contributed by atoms with E-state index in [9.17, 15) is 4.79 Å². The molecule has 1 aromatic carbocycles. The van der Waals surface area contributed by atoms with E-state index in [2.05, 4.69) is 38.2 Å². The molecule has 0 fully saturated rings. The molecule has 4 aromatic rings. The monoisotopic (exact) mass is 338 g/mol. The van der Waals surface area contributed by atoms with Crippen LogP contribution in [-0.2, 0) is 7.05 Å². The average molecular weight is 338 g/mol. The van der Waals surface area contributed by atoms with Gasteiger partial charge in [-0.15, -0.1) is 11.3 Å². The Hall–Kier alpha value is -2.93. The van der Waals surface area contributed by atoms with Crippen LogP contribution in [0.3, 0.4) is 0 Å². The zero-order valence-corrected chi connectivity index (χ0v) is 13.9. The number of hydrogen-bond acceptors (Lipinski definition) is 5. The van der Waals surface area contributed by atoms with Gasteiger partial charge in [0.15, 0.2) is 5.82 Å². The second kappa shape index (κ2) is 5.61. The Balaban J connectivity index is 1.64. The van der Waals surface area contributed by atoms with Crippen molar-refractivity contribution in [3.63, 3.8) is 0 Å². The summed E-state index contributed by atoms with van der Waals surface area (Å²) in [6, 6.07) is 11.9. The summed E-state index contributed by atoms with van der Waals surface area (Å²) in [6.45, 7) is 1.77. The Kier molecular flexibility index (Phi) is 3.42. The Bertz CT molecular complexity index is 1040. The topological polar surface area (TPSA) is 73.0 Å². The number of hydrogen-bond donors (Lipinski definition) is 1. The number of carbonyl (C=O) groups excluding carboxylic acids is 1. The fourth-order valence-electron chi connectivity index (χ4n) is 2.60. The first-order valence-corrected chi connectivity index (χ1v) is 8.25. The lowest BCUT2D eigenvalue weighted by molar-refractivity contribution is 0.102. The number of carbonyl (C=O) groups is 1. The molecule has 24 heavy (non-hydrogen) atoms. The molecule has 0 atom stereocenters. The summed E-state index contributed by atoms with van der Waals surface area (Å²) in [5.41, 5.74) is 2.48. The standard InChI is InChI=1S/C17H14N4O2S/c1-10-7-15(20-23-10)19-16(22)12-9-24-17(18-12)14-8-11-5-3-4-6-13(11)21(14)2/h3-9H,1-2H3,(H,19,20,22). The van der Waals surface area contributed by atoms with Crippen LogP contribution in [0.15, 0.2) is 46.3 Å². The van der Waals surface area contributed by atoms with Gasteiger partial charge in [-0.3, -0.25) is 4.79 Å². The van der Waals surface area contributed by atoms with E-state index in [-0.39, 0.29) is 5.91 Å². The van der Waals surface area contributed by atoms with Crippen molar-refractivity contribution in [1.29, 1.82) is 0 Å². The number of para-hydroxylation sites is 1. The van der Waals surface area contributed by atoms with Gasteiger partial charge in [-0.1, -0.05) is 23.4 Å². The molecule has 120 valence electrons. The number of fused-ring (bicyclic) bond motifs is 1. The first kappa shape index (κ1) is 14.6. The van der Waals surface area contributed by atoms with Crippen molar-refractivity contribution in [1.82, 2.24) is 14.7 Å². The zero-order chi connectivity index (χ0) is 16.7. The largest absolute Gasteiger partial charge is 0.360 e. The molecule has 3 aromatic heterocycles. The molecule has 0 unspecified atom stereocenters. The smallest absolute Gasteiger partial charge is 0.276 e. The van der Waals surface area contributed by atoms with Crippen molar-refractivity contribution in [2.24, 2.45) is 7.05 Å². The van der Waals surface area contributed by atoms with Crippen LogP contribution in [-0.4, -0.2) is 20.6 Å². The Labute approximate surface area is 141 Å². The second-order valence-corrected chi connectivity index (χ2v) is 6.32. The number of amides is 1. The predicted octanol–water partition coefficient (Wildman–Crippen LogP) is 3.85. The van der Waals surface area contributed by atoms with Gasteiger partial charge in [0.2, 0.25) is 0 Å². The lowest BCUT2D eigenvalue weighted by Crippen LogP contribution is -2.12. The van der Waals surface area contributed by atoms with E-state index in [1.807, 2.05) is 19.2 Å². The summed E-state index contributed by atoms with van der Waals surface area (Å²) >= 11 is 1.44. The number of thiazole rings is 1. The molecule has 0 radical (unpaired) electrons. The minimum atomic E-state index is -0.301. The van der Waals surface area contributed by atoms with E-state index >= 15 is 0 Å². The third-order valence-electron chi connectivity index (χ3n) is 3.78. The van der Waals surface area contributed by atoms with Crippen molar-refractivity contribution < 1.29 is 9.32 Å². The third kappa shape index (κ3) is 2.48. The summed E-state index contributed by atoms with van der Waals surface area (Å²) in [5, 5.41) is 10.1. The van der Waals surface area contributed by atoms with E-state index < -0.39 is 0 Å². The van der Waals surface area contributed by atoms with Gasteiger partial charge in [0.25, 0.3) is 5.91 Å². The van der Waals surface area contributed by atoms with E-state index in [0.29, 0.717) is 17.3 Å². The lowest BCUT2D eigenvalue weighted by atomic mass is 10.2. The zero-order valence-electron chi connectivity index (χ0n) is 13.1. The van der Waals surface area contributed by atoms with Crippen molar-refractivity contribution >= 4 is 34.0 Å². The van der Waals surface area contributed by atoms with Gasteiger partial charge in [0.05, 0.1) is 5.69 Å². The van der Waals surface area contributed by atoms with Crippen LogP contribution in [0.2, 0.25) is 0 Å². The summed E-state index contributed by atoms with van der Waals surface area (Å²) in [5.74, 6) is 0.723. The summed E-state index contributed by atoms with van der Waals surface area (Å²) in [4.78, 5) is 16.7. The lowest BCUT2D eigenvalue weighted by Gasteiger charge is -2.00. The number of aromatic nitrogens is 3. The van der Waals surface area contributed by atoms with Crippen LogP contribution in [0.1, 0.15) is 16.2 Å². The number of anilines is 1. The molecule has 3 heterocycles. The molecular formula is C17H14N4O2S. The molecule has 6 nitrogen and oxygen atoms in total. The number of aryl methyl sites for hydroxylation is 2. The number of rotatable bonds is 3. The fraction of sp³-hybridized carbons (Fsp3) is 0.118. The quantitative estimate of drug-likeness (QED) is 0.616. The van der Waals surface area contributed by atoms with Gasteiger partial charge in [-0.2, -0.15) is 0 Å². The normalized spacial score (nSPS) is 11.1. The molecule has 0 aliphatic rings. The molecule has 0 bridgehead atoms. The fourth-order valence-corrected chi connectivity index (χ4v) is 3.45. The van der Waals surface area contributed by atoms with Gasteiger partial charge in [-0.25, -0.2) is 4.98 Å². The van der Waals surface area contributed by atoms with E-state index in [1.165, 1.54) is 11.3 Å². The highest BCUT2D eigenvalue weighted by atomic mass is 32.1. The number of benzene rings is 1. The van der Waals surface area contributed by atoms with Crippen molar-refractivity contribution in [2.45, 2.75) is 6.92 Å². The second-order valence-electron chi connectivity index (χ2n) is 5.46. The molecule has 0 aliphatic heterocycles. The predicted molar refractivity (Wildman–Crippen MR) is 93.2 cm³/mol. The van der Waals surface area contributed by atoms with Gasteiger partial charge >= 0.3 is 0 Å².